The summed E-state index contributed by atoms with van der Waals surface area (Å²) in [6.07, 6.45) is 1.56. The molecule has 1 aromatic carbocycles. The standard InChI is InChI=1S/C24H31N3O3/c1-16(2)19-11-10-17(3)21(13-19)30-15-23(28)27-12-6-8-20(14-27)24(29)26-22-9-5-7-18(4)25-22/h5,7,9-11,13,16,20H,6,8,12,14-15H2,1-4H3,(H,25,26,29). The molecule has 6 heteroatoms. The zero-order chi connectivity index (χ0) is 21.7. The van der Waals surface area contributed by atoms with Crippen molar-refractivity contribution in [3.63, 3.8) is 0 Å². The molecule has 2 heterocycles. The van der Waals surface area contributed by atoms with Crippen molar-refractivity contribution in [3.8, 4) is 5.75 Å². The first-order chi connectivity index (χ1) is 14.3. The topological polar surface area (TPSA) is 71.5 Å². The number of hydrogen-bond acceptors (Lipinski definition) is 4. The lowest BCUT2D eigenvalue weighted by Crippen LogP contribution is -2.45. The third-order valence-corrected chi connectivity index (χ3v) is 5.51. The minimum Gasteiger partial charge on any atom is -0.483 e. The van der Waals surface area contributed by atoms with E-state index in [0.29, 0.717) is 24.8 Å². The van der Waals surface area contributed by atoms with Crippen molar-refractivity contribution in [1.82, 2.24) is 9.88 Å². The van der Waals surface area contributed by atoms with E-state index in [9.17, 15) is 9.59 Å². The van der Waals surface area contributed by atoms with Gasteiger partial charge in [0, 0.05) is 18.8 Å². The van der Waals surface area contributed by atoms with Gasteiger partial charge in [-0.25, -0.2) is 4.98 Å². The van der Waals surface area contributed by atoms with Gasteiger partial charge in [0.25, 0.3) is 5.91 Å². The lowest BCUT2D eigenvalue weighted by Gasteiger charge is -2.32. The molecule has 1 atom stereocenters. The summed E-state index contributed by atoms with van der Waals surface area (Å²) in [5.41, 5.74) is 3.04. The van der Waals surface area contributed by atoms with Crippen molar-refractivity contribution in [2.45, 2.75) is 46.5 Å². The fourth-order valence-electron chi connectivity index (χ4n) is 3.62. The normalized spacial score (nSPS) is 16.4. The van der Waals surface area contributed by atoms with E-state index in [1.54, 1.807) is 11.0 Å². The van der Waals surface area contributed by atoms with Gasteiger partial charge in [0.05, 0.1) is 5.92 Å². The number of aromatic nitrogens is 1. The van der Waals surface area contributed by atoms with Gasteiger partial charge in [-0.05, 0) is 61.9 Å². The maximum absolute atomic E-state index is 12.7. The molecular formula is C24H31N3O3. The summed E-state index contributed by atoms with van der Waals surface area (Å²) in [4.78, 5) is 31.4. The Morgan fingerprint density at radius 3 is 2.77 bits per heavy atom. The Morgan fingerprint density at radius 2 is 2.03 bits per heavy atom. The number of rotatable bonds is 6. The quantitative estimate of drug-likeness (QED) is 0.780. The second-order valence-corrected chi connectivity index (χ2v) is 8.30. The molecule has 1 aliphatic heterocycles. The van der Waals surface area contributed by atoms with Crippen LogP contribution in [0.4, 0.5) is 5.82 Å². The van der Waals surface area contributed by atoms with Crippen LogP contribution in [0.1, 0.15) is 49.4 Å². The molecule has 0 spiro atoms. The van der Waals surface area contributed by atoms with Crippen molar-refractivity contribution < 1.29 is 14.3 Å². The van der Waals surface area contributed by atoms with Gasteiger partial charge in [-0.3, -0.25) is 9.59 Å². The van der Waals surface area contributed by atoms with Crippen molar-refractivity contribution in [3.05, 3.63) is 53.2 Å². The predicted octanol–water partition coefficient (Wildman–Crippen LogP) is 4.08. The van der Waals surface area contributed by atoms with E-state index >= 15 is 0 Å². The summed E-state index contributed by atoms with van der Waals surface area (Å²) < 4.78 is 5.85. The van der Waals surface area contributed by atoms with Gasteiger partial charge in [-0.2, -0.15) is 0 Å². The number of nitrogens with zero attached hydrogens (tertiary/aromatic N) is 2. The number of hydrogen-bond donors (Lipinski definition) is 1. The fourth-order valence-corrected chi connectivity index (χ4v) is 3.62. The van der Waals surface area contributed by atoms with Gasteiger partial charge in [0.2, 0.25) is 5.91 Å². The van der Waals surface area contributed by atoms with Crippen LogP contribution in [-0.4, -0.2) is 41.4 Å². The van der Waals surface area contributed by atoms with Gasteiger partial charge >= 0.3 is 0 Å². The number of nitrogens with one attached hydrogen (secondary N) is 1. The lowest BCUT2D eigenvalue weighted by molar-refractivity contribution is -0.136. The summed E-state index contributed by atoms with van der Waals surface area (Å²) in [5, 5.41) is 2.87. The zero-order valence-corrected chi connectivity index (χ0v) is 18.3. The number of likely N-dealkylation sites (tertiary alicyclic amines) is 1. The molecule has 2 amide bonds. The Hall–Kier alpha value is -2.89. The minimum atomic E-state index is -0.240. The average Bonchev–Trinajstić information content (AvgIpc) is 2.73. The first-order valence-corrected chi connectivity index (χ1v) is 10.6. The van der Waals surface area contributed by atoms with E-state index in [1.807, 2.05) is 38.1 Å². The van der Waals surface area contributed by atoms with Crippen LogP contribution in [0.2, 0.25) is 0 Å². The van der Waals surface area contributed by atoms with Crippen LogP contribution in [0, 0.1) is 19.8 Å². The molecule has 0 radical (unpaired) electrons. The molecule has 1 saturated heterocycles. The van der Waals surface area contributed by atoms with Crippen molar-refractivity contribution in [2.24, 2.45) is 5.92 Å². The van der Waals surface area contributed by atoms with E-state index in [2.05, 4.69) is 30.2 Å². The van der Waals surface area contributed by atoms with Gasteiger partial charge in [0.1, 0.15) is 11.6 Å². The van der Waals surface area contributed by atoms with Crippen LogP contribution in [0.15, 0.2) is 36.4 Å². The van der Waals surface area contributed by atoms with Crippen LogP contribution in [0.25, 0.3) is 0 Å². The number of ether oxygens (including phenoxy) is 1. The number of carbonyl (C=O) groups is 2. The fraction of sp³-hybridized carbons (Fsp3) is 0.458. The van der Waals surface area contributed by atoms with Crippen LogP contribution in [-0.2, 0) is 9.59 Å². The predicted molar refractivity (Wildman–Crippen MR) is 118 cm³/mol. The maximum Gasteiger partial charge on any atom is 0.260 e. The molecule has 0 bridgehead atoms. The number of anilines is 1. The SMILES string of the molecule is Cc1cccc(NC(=O)C2CCCN(C(=O)COc3cc(C(C)C)ccc3C)C2)n1. The summed E-state index contributed by atoms with van der Waals surface area (Å²) in [6.45, 7) is 9.16. The first-order valence-electron chi connectivity index (χ1n) is 10.6. The number of amides is 2. The van der Waals surface area contributed by atoms with Gasteiger partial charge in [-0.1, -0.05) is 32.0 Å². The molecule has 0 aliphatic carbocycles. The molecule has 2 aromatic rings. The number of aryl methyl sites for hydroxylation is 2. The monoisotopic (exact) mass is 409 g/mol. The molecule has 160 valence electrons. The summed E-state index contributed by atoms with van der Waals surface area (Å²) in [5.74, 6) is 1.27. The lowest BCUT2D eigenvalue weighted by atomic mass is 9.97. The molecular weight excluding hydrogens is 378 g/mol. The van der Waals surface area contributed by atoms with E-state index in [1.165, 1.54) is 5.56 Å². The second kappa shape index (κ2) is 9.74. The Kier molecular flexibility index (Phi) is 7.08. The van der Waals surface area contributed by atoms with Gasteiger partial charge in [0.15, 0.2) is 6.61 Å². The van der Waals surface area contributed by atoms with Crippen LogP contribution in [0.3, 0.4) is 0 Å². The third-order valence-electron chi connectivity index (χ3n) is 5.51. The third kappa shape index (κ3) is 5.59. The Labute approximate surface area is 178 Å². The largest absolute Gasteiger partial charge is 0.483 e. The van der Waals surface area contributed by atoms with Crippen molar-refractivity contribution >= 4 is 17.6 Å². The number of benzene rings is 1. The van der Waals surface area contributed by atoms with E-state index in [0.717, 1.165) is 29.8 Å². The van der Waals surface area contributed by atoms with E-state index < -0.39 is 0 Å². The number of pyridine rings is 1. The average molecular weight is 410 g/mol. The van der Waals surface area contributed by atoms with Crippen LogP contribution < -0.4 is 10.1 Å². The summed E-state index contributed by atoms with van der Waals surface area (Å²) in [7, 11) is 0. The highest BCUT2D eigenvalue weighted by atomic mass is 16.5. The highest BCUT2D eigenvalue weighted by Crippen LogP contribution is 2.25. The summed E-state index contributed by atoms with van der Waals surface area (Å²) in [6, 6.07) is 11.6. The van der Waals surface area contributed by atoms with Gasteiger partial charge < -0.3 is 15.0 Å². The Balaban J connectivity index is 1.56. The molecule has 30 heavy (non-hydrogen) atoms. The van der Waals surface area contributed by atoms with Crippen molar-refractivity contribution in [1.29, 1.82) is 0 Å². The minimum absolute atomic E-state index is 0.0177. The molecule has 1 unspecified atom stereocenters. The Bertz CT molecular complexity index is 910. The van der Waals surface area contributed by atoms with Crippen LogP contribution >= 0.6 is 0 Å². The summed E-state index contributed by atoms with van der Waals surface area (Å²) >= 11 is 0. The van der Waals surface area contributed by atoms with E-state index in [-0.39, 0.29) is 24.3 Å². The highest BCUT2D eigenvalue weighted by molar-refractivity contribution is 5.92. The molecule has 6 nitrogen and oxygen atoms in total. The molecule has 1 aliphatic rings. The highest BCUT2D eigenvalue weighted by Gasteiger charge is 2.29. The molecule has 1 N–H and O–H groups in total. The zero-order valence-electron chi connectivity index (χ0n) is 18.3. The van der Waals surface area contributed by atoms with Gasteiger partial charge in [-0.15, -0.1) is 0 Å². The molecule has 0 saturated carbocycles. The van der Waals surface area contributed by atoms with Crippen molar-refractivity contribution in [2.75, 3.05) is 25.0 Å². The molecule has 1 aromatic heterocycles. The maximum atomic E-state index is 12.7. The number of piperidine rings is 1. The second-order valence-electron chi connectivity index (χ2n) is 8.30. The number of carbonyl (C=O) groups excluding carboxylic acids is 2. The van der Waals surface area contributed by atoms with E-state index in [4.69, 9.17) is 4.74 Å². The molecule has 1 fully saturated rings. The van der Waals surface area contributed by atoms with Crippen LogP contribution in [0.5, 0.6) is 5.75 Å². The molecule has 3 rings (SSSR count). The smallest absolute Gasteiger partial charge is 0.260 e. The first kappa shape index (κ1) is 21.8. The Morgan fingerprint density at radius 1 is 1.23 bits per heavy atom.